The van der Waals surface area contributed by atoms with Crippen molar-refractivity contribution in [3.8, 4) is 0 Å². The van der Waals surface area contributed by atoms with E-state index in [1.54, 1.807) is 6.08 Å². The number of anilines is 1. The van der Waals surface area contributed by atoms with Crippen LogP contribution in [0.2, 0.25) is 0 Å². The fourth-order valence-electron chi connectivity index (χ4n) is 4.65. The molecule has 5 nitrogen and oxygen atoms in total. The average molecular weight is 397 g/mol. The van der Waals surface area contributed by atoms with Crippen molar-refractivity contribution in [1.82, 2.24) is 10.2 Å². The number of rotatable bonds is 6. The Bertz CT molecular complexity index is 826. The third kappa shape index (κ3) is 4.13. The van der Waals surface area contributed by atoms with E-state index in [0.29, 0.717) is 25.9 Å². The summed E-state index contributed by atoms with van der Waals surface area (Å²) in [6.45, 7) is 3.11. The number of hydrogen-bond donors (Lipinski definition) is 1. The van der Waals surface area contributed by atoms with Gasteiger partial charge in [0.1, 0.15) is 11.4 Å². The third-order valence-electron chi connectivity index (χ3n) is 6.42. The molecule has 1 aromatic rings. The Morgan fingerprint density at radius 3 is 2.55 bits per heavy atom. The largest absolute Gasteiger partial charge is 0.339 e. The van der Waals surface area contributed by atoms with Gasteiger partial charge in [0, 0.05) is 31.6 Å². The van der Waals surface area contributed by atoms with E-state index in [1.165, 1.54) is 6.08 Å². The molecule has 2 aliphatic heterocycles. The number of amides is 1. The molecule has 1 amide bonds. The summed E-state index contributed by atoms with van der Waals surface area (Å²) in [4.78, 5) is 29.5. The number of hydrogen-bond acceptors (Lipinski definition) is 4. The molecule has 1 N–H and O–H groups in total. The van der Waals surface area contributed by atoms with Crippen molar-refractivity contribution in [2.45, 2.75) is 44.1 Å². The van der Waals surface area contributed by atoms with E-state index in [-0.39, 0.29) is 17.5 Å². The summed E-state index contributed by atoms with van der Waals surface area (Å²) in [5.41, 5.74) is 1.36. The van der Waals surface area contributed by atoms with Gasteiger partial charge in [-0.15, -0.1) is 0 Å². The van der Waals surface area contributed by atoms with Crippen LogP contribution in [0.15, 0.2) is 53.9 Å². The van der Waals surface area contributed by atoms with Crippen molar-refractivity contribution in [3.63, 3.8) is 0 Å². The number of nitrogens with one attached hydrogen (secondary N) is 1. The summed E-state index contributed by atoms with van der Waals surface area (Å²) >= 11 is 0. The number of carbonyl (C=O) groups is 2. The second kappa shape index (κ2) is 8.49. The first-order valence-electron chi connectivity index (χ1n) is 10.5. The molecule has 0 aromatic heterocycles. The molecule has 154 valence electrons. The van der Waals surface area contributed by atoms with E-state index < -0.39 is 5.54 Å². The Labute approximate surface area is 171 Å². The second-order valence-corrected chi connectivity index (χ2v) is 8.13. The highest BCUT2D eigenvalue weighted by Gasteiger charge is 2.50. The van der Waals surface area contributed by atoms with Gasteiger partial charge in [-0.2, -0.15) is 0 Å². The molecule has 29 heavy (non-hydrogen) atoms. The quantitative estimate of drug-likeness (QED) is 0.800. The van der Waals surface area contributed by atoms with E-state index in [9.17, 15) is 14.0 Å². The molecule has 0 atom stereocenters. The van der Waals surface area contributed by atoms with E-state index in [1.807, 2.05) is 18.2 Å². The molecule has 0 saturated carbocycles. The zero-order valence-corrected chi connectivity index (χ0v) is 16.7. The lowest BCUT2D eigenvalue weighted by Gasteiger charge is -2.43. The van der Waals surface area contributed by atoms with Crippen molar-refractivity contribution in [1.29, 1.82) is 0 Å². The van der Waals surface area contributed by atoms with E-state index in [4.69, 9.17) is 0 Å². The first-order chi connectivity index (χ1) is 14.1. The second-order valence-electron chi connectivity index (χ2n) is 8.13. The van der Waals surface area contributed by atoms with Crippen LogP contribution in [0.5, 0.6) is 0 Å². The van der Waals surface area contributed by atoms with E-state index >= 15 is 0 Å². The van der Waals surface area contributed by atoms with Crippen LogP contribution in [0, 0.1) is 0 Å². The number of allylic oxidation sites excluding steroid dienone is 4. The van der Waals surface area contributed by atoms with Gasteiger partial charge >= 0.3 is 0 Å². The van der Waals surface area contributed by atoms with Gasteiger partial charge in [0.15, 0.2) is 5.78 Å². The molecule has 1 aromatic carbocycles. The third-order valence-corrected chi connectivity index (χ3v) is 6.42. The molecular weight excluding hydrogens is 369 g/mol. The Hall–Kier alpha value is -2.47. The fourth-order valence-corrected chi connectivity index (χ4v) is 4.65. The molecule has 0 radical (unpaired) electrons. The monoisotopic (exact) mass is 397 g/mol. The fraction of sp³-hybridized carbons (Fsp3) is 0.478. The SMILES string of the molecule is O=C(CCCN1CCC2(CC1)C(=O)NCN2c1ccccc1)C1=CC=C(F)CC1. The lowest BCUT2D eigenvalue weighted by Crippen LogP contribution is -2.56. The maximum atomic E-state index is 13.1. The van der Waals surface area contributed by atoms with Gasteiger partial charge in [-0.3, -0.25) is 9.59 Å². The summed E-state index contributed by atoms with van der Waals surface area (Å²) in [6, 6.07) is 10.1. The summed E-state index contributed by atoms with van der Waals surface area (Å²) in [6.07, 6.45) is 6.76. The first kappa shape index (κ1) is 19.8. The molecule has 0 unspecified atom stereocenters. The summed E-state index contributed by atoms with van der Waals surface area (Å²) < 4.78 is 13.1. The Morgan fingerprint density at radius 1 is 1.10 bits per heavy atom. The molecular formula is C23H28FN3O2. The number of halogens is 1. The standard InChI is InChI=1S/C23H28FN3O2/c24-19-10-8-18(9-11-19)21(28)7-4-14-26-15-12-23(13-16-26)22(29)25-17-27(23)20-5-2-1-3-6-20/h1-3,5-6,8,10H,4,7,9,11-17H2,(H,25,29). The summed E-state index contributed by atoms with van der Waals surface area (Å²) in [7, 11) is 0. The van der Waals surface area contributed by atoms with Crippen molar-refractivity contribution in [2.75, 3.05) is 31.2 Å². The topological polar surface area (TPSA) is 52.7 Å². The normalized spacial score (nSPS) is 21.7. The average Bonchev–Trinajstić information content (AvgIpc) is 3.06. The number of carbonyl (C=O) groups excluding carboxylic acids is 2. The first-order valence-corrected chi connectivity index (χ1v) is 10.5. The van der Waals surface area contributed by atoms with Crippen LogP contribution in [0.3, 0.4) is 0 Å². The Kier molecular flexibility index (Phi) is 5.81. The van der Waals surface area contributed by atoms with Gasteiger partial charge in [0.2, 0.25) is 5.91 Å². The number of piperidine rings is 1. The molecule has 4 rings (SSSR count). The molecule has 1 aliphatic carbocycles. The van der Waals surface area contributed by atoms with Crippen LogP contribution in [0.1, 0.15) is 38.5 Å². The van der Waals surface area contributed by atoms with Gasteiger partial charge in [-0.1, -0.05) is 24.3 Å². The minimum Gasteiger partial charge on any atom is -0.339 e. The predicted molar refractivity (Wildman–Crippen MR) is 111 cm³/mol. The number of benzene rings is 1. The van der Waals surface area contributed by atoms with Crippen molar-refractivity contribution >= 4 is 17.4 Å². The number of likely N-dealkylation sites (tertiary alicyclic amines) is 1. The smallest absolute Gasteiger partial charge is 0.247 e. The molecule has 2 saturated heterocycles. The van der Waals surface area contributed by atoms with Gasteiger partial charge in [-0.05, 0) is 56.0 Å². The van der Waals surface area contributed by atoms with Crippen LogP contribution in [0.25, 0.3) is 0 Å². The zero-order valence-electron chi connectivity index (χ0n) is 16.7. The number of ketones is 1. The Balaban J connectivity index is 1.29. The van der Waals surface area contributed by atoms with Crippen LogP contribution in [-0.4, -0.2) is 48.4 Å². The maximum Gasteiger partial charge on any atom is 0.247 e. The Morgan fingerprint density at radius 2 is 1.86 bits per heavy atom. The highest BCUT2D eigenvalue weighted by atomic mass is 19.1. The summed E-state index contributed by atoms with van der Waals surface area (Å²) in [5.74, 6) is 0.109. The predicted octanol–water partition coefficient (Wildman–Crippen LogP) is 3.34. The summed E-state index contributed by atoms with van der Waals surface area (Å²) in [5, 5.41) is 3.03. The number of Topliss-reactive ketones (excluding diaryl/α,β-unsaturated/α-hetero) is 1. The lowest BCUT2D eigenvalue weighted by molar-refractivity contribution is -0.125. The van der Waals surface area contributed by atoms with Gasteiger partial charge < -0.3 is 15.1 Å². The van der Waals surface area contributed by atoms with Crippen LogP contribution in [-0.2, 0) is 9.59 Å². The molecule has 3 aliphatic rings. The van der Waals surface area contributed by atoms with Crippen LogP contribution >= 0.6 is 0 Å². The lowest BCUT2D eigenvalue weighted by atomic mass is 9.85. The highest BCUT2D eigenvalue weighted by Crippen LogP contribution is 2.36. The molecule has 2 heterocycles. The van der Waals surface area contributed by atoms with Gasteiger partial charge in [-0.25, -0.2) is 4.39 Å². The van der Waals surface area contributed by atoms with E-state index in [2.05, 4.69) is 27.2 Å². The van der Waals surface area contributed by atoms with E-state index in [0.717, 1.165) is 50.2 Å². The highest BCUT2D eigenvalue weighted by molar-refractivity contribution is 5.96. The van der Waals surface area contributed by atoms with Crippen LogP contribution < -0.4 is 10.2 Å². The zero-order chi connectivity index (χ0) is 20.3. The van der Waals surface area contributed by atoms with Crippen molar-refractivity contribution in [3.05, 3.63) is 53.9 Å². The number of para-hydroxylation sites is 1. The molecule has 1 spiro atoms. The number of nitrogens with zero attached hydrogens (tertiary/aromatic N) is 2. The molecule has 2 fully saturated rings. The molecule has 0 bridgehead atoms. The molecule has 6 heteroatoms. The van der Waals surface area contributed by atoms with Gasteiger partial charge in [0.05, 0.1) is 6.67 Å². The van der Waals surface area contributed by atoms with Crippen molar-refractivity contribution < 1.29 is 14.0 Å². The van der Waals surface area contributed by atoms with Crippen molar-refractivity contribution in [2.24, 2.45) is 0 Å². The maximum absolute atomic E-state index is 13.1. The van der Waals surface area contributed by atoms with Crippen LogP contribution in [0.4, 0.5) is 10.1 Å². The van der Waals surface area contributed by atoms with Gasteiger partial charge in [0.25, 0.3) is 0 Å². The minimum absolute atomic E-state index is 0.126. The minimum atomic E-state index is -0.461.